The molecule has 2 aliphatic heterocycles. The Morgan fingerprint density at radius 1 is 1.23 bits per heavy atom. The molecule has 212 valence electrons. The molecule has 40 heavy (non-hydrogen) atoms. The van der Waals surface area contributed by atoms with Crippen molar-refractivity contribution < 1.29 is 24.2 Å². The van der Waals surface area contributed by atoms with Gasteiger partial charge in [-0.2, -0.15) is 0 Å². The van der Waals surface area contributed by atoms with E-state index >= 15 is 0 Å². The SMILES string of the molecule is C=CCN1CC[C@]23c4c5c(O)cc(OC)c4O[C@H]2[C@H](N(C)C(=O)CCCCC(=O)c2ccccc2)CC[C@H]3[C@H]1C5. The number of likely N-dealkylation sites (N-methyl/N-ethyl adjacent to an activating group) is 1. The Labute approximate surface area is 236 Å². The third-order valence-corrected chi connectivity index (χ3v) is 10.1. The molecule has 2 aliphatic carbocycles. The molecular formula is C33H40N2O5. The van der Waals surface area contributed by atoms with Crippen molar-refractivity contribution in [1.29, 1.82) is 0 Å². The zero-order chi connectivity index (χ0) is 28.0. The first-order valence-electron chi connectivity index (χ1n) is 14.7. The minimum Gasteiger partial charge on any atom is -0.508 e. The van der Waals surface area contributed by atoms with E-state index < -0.39 is 0 Å². The van der Waals surface area contributed by atoms with Crippen molar-refractivity contribution in [2.45, 2.75) is 75.0 Å². The monoisotopic (exact) mass is 544 g/mol. The van der Waals surface area contributed by atoms with Crippen LogP contribution in [0.1, 0.15) is 66.4 Å². The van der Waals surface area contributed by atoms with Crippen LogP contribution in [0.15, 0.2) is 49.1 Å². The molecule has 1 amide bonds. The van der Waals surface area contributed by atoms with Gasteiger partial charge in [0.2, 0.25) is 5.91 Å². The first-order valence-corrected chi connectivity index (χ1v) is 14.7. The summed E-state index contributed by atoms with van der Waals surface area (Å²) in [5, 5.41) is 11.1. The van der Waals surface area contributed by atoms with Gasteiger partial charge in [0.15, 0.2) is 17.3 Å². The van der Waals surface area contributed by atoms with Crippen molar-refractivity contribution in [3.63, 3.8) is 0 Å². The minimum absolute atomic E-state index is 0.0634. The van der Waals surface area contributed by atoms with Crippen molar-refractivity contribution in [3.05, 3.63) is 65.7 Å². The van der Waals surface area contributed by atoms with Crippen LogP contribution in [0.2, 0.25) is 0 Å². The van der Waals surface area contributed by atoms with Gasteiger partial charge < -0.3 is 19.5 Å². The van der Waals surface area contributed by atoms with E-state index in [9.17, 15) is 14.7 Å². The molecule has 5 atom stereocenters. The summed E-state index contributed by atoms with van der Waals surface area (Å²) >= 11 is 0. The molecule has 1 saturated carbocycles. The molecule has 2 bridgehead atoms. The number of hydrogen-bond acceptors (Lipinski definition) is 6. The number of ketones is 1. The van der Waals surface area contributed by atoms with E-state index in [0.29, 0.717) is 43.4 Å². The van der Waals surface area contributed by atoms with Gasteiger partial charge in [0.05, 0.1) is 13.2 Å². The maximum absolute atomic E-state index is 13.5. The predicted molar refractivity (Wildman–Crippen MR) is 153 cm³/mol. The number of phenols is 1. The largest absolute Gasteiger partial charge is 0.508 e. The molecular weight excluding hydrogens is 504 g/mol. The predicted octanol–water partition coefficient (Wildman–Crippen LogP) is 4.90. The summed E-state index contributed by atoms with van der Waals surface area (Å²) < 4.78 is 12.5. The van der Waals surface area contributed by atoms with Crippen molar-refractivity contribution in [2.75, 3.05) is 27.2 Å². The number of piperidine rings is 1. The number of carbonyl (C=O) groups is 2. The third-order valence-electron chi connectivity index (χ3n) is 10.1. The topological polar surface area (TPSA) is 79.3 Å². The summed E-state index contributed by atoms with van der Waals surface area (Å²) in [5.74, 6) is 2.21. The van der Waals surface area contributed by atoms with E-state index in [2.05, 4.69) is 11.5 Å². The lowest BCUT2D eigenvalue weighted by Gasteiger charge is -2.60. The number of phenolic OH excluding ortho intramolecular Hbond substituents is 1. The van der Waals surface area contributed by atoms with Gasteiger partial charge in [-0.15, -0.1) is 6.58 Å². The number of unbranched alkanes of at least 4 members (excludes halogenated alkanes) is 1. The molecule has 0 radical (unpaired) electrons. The number of aromatic hydroxyl groups is 1. The Hall–Kier alpha value is -3.32. The fourth-order valence-electron chi connectivity index (χ4n) is 8.28. The van der Waals surface area contributed by atoms with E-state index in [1.165, 1.54) is 0 Å². The van der Waals surface area contributed by atoms with Crippen LogP contribution < -0.4 is 9.47 Å². The number of benzene rings is 2. The van der Waals surface area contributed by atoms with E-state index in [1.807, 2.05) is 48.4 Å². The molecule has 0 unspecified atom stereocenters. The quantitative estimate of drug-likeness (QED) is 0.261. The lowest BCUT2D eigenvalue weighted by atomic mass is 9.51. The molecule has 2 aromatic carbocycles. The maximum atomic E-state index is 13.5. The van der Waals surface area contributed by atoms with Gasteiger partial charge >= 0.3 is 0 Å². The van der Waals surface area contributed by atoms with Crippen molar-refractivity contribution in [3.8, 4) is 17.2 Å². The molecule has 7 nitrogen and oxygen atoms in total. The first kappa shape index (κ1) is 26.9. The number of ether oxygens (including phenoxy) is 2. The number of methoxy groups -OCH3 is 1. The fourth-order valence-corrected chi connectivity index (χ4v) is 8.28. The number of rotatable bonds is 10. The van der Waals surface area contributed by atoms with Gasteiger partial charge in [-0.05, 0) is 51.0 Å². The van der Waals surface area contributed by atoms with Crippen LogP contribution in [0, 0.1) is 5.92 Å². The van der Waals surface area contributed by atoms with Crippen molar-refractivity contribution in [1.82, 2.24) is 9.80 Å². The maximum Gasteiger partial charge on any atom is 0.222 e. The molecule has 0 aromatic heterocycles. The Balaban J connectivity index is 1.21. The highest BCUT2D eigenvalue weighted by Crippen LogP contribution is 2.65. The average Bonchev–Trinajstić information content (AvgIpc) is 3.31. The highest BCUT2D eigenvalue weighted by Gasteiger charge is 2.66. The Bertz CT molecular complexity index is 1310. The van der Waals surface area contributed by atoms with E-state index in [0.717, 1.165) is 61.2 Å². The van der Waals surface area contributed by atoms with Gasteiger partial charge in [0, 0.05) is 60.6 Å². The second-order valence-corrected chi connectivity index (χ2v) is 11.9. The minimum atomic E-state index is -0.253. The van der Waals surface area contributed by atoms with E-state index in [4.69, 9.17) is 9.47 Å². The number of amides is 1. The number of carbonyl (C=O) groups excluding carboxylic acids is 2. The lowest BCUT2D eigenvalue weighted by molar-refractivity contribution is -0.140. The molecule has 4 aliphatic rings. The normalized spacial score (nSPS) is 27.9. The van der Waals surface area contributed by atoms with Crippen LogP contribution in [0.4, 0.5) is 0 Å². The smallest absolute Gasteiger partial charge is 0.222 e. The van der Waals surface area contributed by atoms with Crippen LogP contribution in [0.3, 0.4) is 0 Å². The average molecular weight is 545 g/mol. The van der Waals surface area contributed by atoms with Crippen molar-refractivity contribution in [2.24, 2.45) is 5.92 Å². The van der Waals surface area contributed by atoms with E-state index in [-0.39, 0.29) is 35.0 Å². The molecule has 1 N–H and O–H groups in total. The highest BCUT2D eigenvalue weighted by molar-refractivity contribution is 5.95. The lowest BCUT2D eigenvalue weighted by Crippen LogP contribution is -2.68. The van der Waals surface area contributed by atoms with Gasteiger partial charge in [-0.1, -0.05) is 36.4 Å². The van der Waals surface area contributed by atoms with Gasteiger partial charge in [-0.25, -0.2) is 0 Å². The van der Waals surface area contributed by atoms with Gasteiger partial charge in [0.25, 0.3) is 0 Å². The second kappa shape index (κ2) is 10.6. The summed E-state index contributed by atoms with van der Waals surface area (Å²) in [4.78, 5) is 30.3. The Kier molecular flexibility index (Phi) is 7.11. The van der Waals surface area contributed by atoms with Gasteiger partial charge in [0.1, 0.15) is 11.9 Å². The molecule has 7 heteroatoms. The zero-order valence-electron chi connectivity index (χ0n) is 23.6. The number of hydrogen-bond donors (Lipinski definition) is 1. The number of nitrogens with zero attached hydrogens (tertiary/aromatic N) is 2. The number of likely N-dealkylation sites (tertiary alicyclic amines) is 1. The van der Waals surface area contributed by atoms with Crippen LogP contribution in [-0.2, 0) is 16.6 Å². The summed E-state index contributed by atoms with van der Waals surface area (Å²) in [5.41, 5.74) is 2.58. The van der Waals surface area contributed by atoms with Crippen LogP contribution in [0.5, 0.6) is 17.2 Å². The fraction of sp³-hybridized carbons (Fsp3) is 0.515. The summed E-state index contributed by atoms with van der Waals surface area (Å²) in [7, 11) is 3.53. The first-order chi connectivity index (χ1) is 19.4. The van der Waals surface area contributed by atoms with Crippen molar-refractivity contribution >= 4 is 11.7 Å². The highest BCUT2D eigenvalue weighted by atomic mass is 16.5. The van der Waals surface area contributed by atoms with Crippen LogP contribution in [-0.4, -0.2) is 72.0 Å². The van der Waals surface area contributed by atoms with Gasteiger partial charge in [-0.3, -0.25) is 14.5 Å². The summed E-state index contributed by atoms with van der Waals surface area (Å²) in [6.45, 7) is 5.75. The molecule has 2 fully saturated rings. The van der Waals surface area contributed by atoms with Crippen LogP contribution >= 0.6 is 0 Å². The molecule has 6 rings (SSSR count). The second-order valence-electron chi connectivity index (χ2n) is 11.9. The Morgan fingerprint density at radius 3 is 2.75 bits per heavy atom. The molecule has 1 saturated heterocycles. The van der Waals surface area contributed by atoms with Crippen LogP contribution in [0.25, 0.3) is 0 Å². The molecule has 1 spiro atoms. The number of Topliss-reactive ketones (excluding diaryl/α,β-unsaturated/α-hetero) is 1. The Morgan fingerprint density at radius 2 is 2.00 bits per heavy atom. The third kappa shape index (κ3) is 4.12. The standard InChI is InChI=1S/C33H40N2O5/c1-4-17-35-18-16-33-23-14-15-24(34(2)29(38)13-9-8-12-26(36)21-10-6-5-7-11-21)32(33)40-31-28(39-3)20-27(37)22(30(31)33)19-25(23)35/h4-7,10-11,20,23-25,32,37H,1,8-9,12-19H2,2-3H3/t23-,24+,25+,32-,33-/m0/s1. The summed E-state index contributed by atoms with van der Waals surface area (Å²) in [6, 6.07) is 11.3. The molecule has 2 heterocycles. The summed E-state index contributed by atoms with van der Waals surface area (Å²) in [6.07, 6.45) is 7.61. The van der Waals surface area contributed by atoms with E-state index in [1.54, 1.807) is 13.2 Å². The zero-order valence-corrected chi connectivity index (χ0v) is 23.6. The molecule has 2 aromatic rings.